The monoisotopic (exact) mass is 264 g/mol. The van der Waals surface area contributed by atoms with Gasteiger partial charge in [0, 0.05) is 6.61 Å². The van der Waals surface area contributed by atoms with Crippen LogP contribution in [0.4, 0.5) is 4.39 Å². The summed E-state index contributed by atoms with van der Waals surface area (Å²) in [5.41, 5.74) is 0.788. The van der Waals surface area contributed by atoms with Crippen molar-refractivity contribution >= 4 is 5.91 Å². The standard InChI is InChI=1S/C14H17FN2O2/c15-11-4-1-3-10(7-11)14-16-8-13(18)17(14)12-5-2-6-19-9-12/h1,3-4,7,12,14,16H,2,5-6,8-9H2. The van der Waals surface area contributed by atoms with Crippen molar-refractivity contribution in [1.29, 1.82) is 0 Å². The lowest BCUT2D eigenvalue weighted by Gasteiger charge is -2.35. The molecule has 0 spiro atoms. The Balaban J connectivity index is 1.85. The highest BCUT2D eigenvalue weighted by Crippen LogP contribution is 2.28. The summed E-state index contributed by atoms with van der Waals surface area (Å²) < 4.78 is 18.8. The number of carbonyl (C=O) groups excluding carboxylic acids is 1. The van der Waals surface area contributed by atoms with Crippen LogP contribution in [0.1, 0.15) is 24.6 Å². The highest BCUT2D eigenvalue weighted by Gasteiger charge is 2.37. The van der Waals surface area contributed by atoms with Crippen LogP contribution in [0.2, 0.25) is 0 Å². The van der Waals surface area contributed by atoms with Crippen LogP contribution in [0.3, 0.4) is 0 Å². The van der Waals surface area contributed by atoms with Gasteiger partial charge >= 0.3 is 0 Å². The number of amides is 1. The van der Waals surface area contributed by atoms with Crippen LogP contribution in [0.5, 0.6) is 0 Å². The van der Waals surface area contributed by atoms with Gasteiger partial charge in [0.1, 0.15) is 12.0 Å². The molecular weight excluding hydrogens is 247 g/mol. The van der Waals surface area contributed by atoms with E-state index in [1.165, 1.54) is 12.1 Å². The fourth-order valence-corrected chi connectivity index (χ4v) is 2.83. The number of nitrogens with one attached hydrogen (secondary N) is 1. The number of halogens is 1. The van der Waals surface area contributed by atoms with E-state index in [9.17, 15) is 9.18 Å². The van der Waals surface area contributed by atoms with E-state index in [4.69, 9.17) is 4.74 Å². The lowest BCUT2D eigenvalue weighted by Crippen LogP contribution is -2.44. The summed E-state index contributed by atoms with van der Waals surface area (Å²) in [4.78, 5) is 13.9. The summed E-state index contributed by atoms with van der Waals surface area (Å²) in [6, 6.07) is 6.49. The first-order chi connectivity index (χ1) is 9.25. The number of hydrogen-bond acceptors (Lipinski definition) is 3. The van der Waals surface area contributed by atoms with Crippen LogP contribution < -0.4 is 5.32 Å². The Morgan fingerprint density at radius 2 is 2.32 bits per heavy atom. The van der Waals surface area contributed by atoms with Crippen LogP contribution in [0.25, 0.3) is 0 Å². The van der Waals surface area contributed by atoms with E-state index in [1.807, 2.05) is 11.0 Å². The largest absolute Gasteiger partial charge is 0.379 e. The van der Waals surface area contributed by atoms with Crippen molar-refractivity contribution in [3.8, 4) is 0 Å². The first kappa shape index (κ1) is 12.6. The number of ether oxygens (including phenoxy) is 1. The van der Waals surface area contributed by atoms with Crippen molar-refractivity contribution < 1.29 is 13.9 Å². The molecule has 1 aromatic rings. The fraction of sp³-hybridized carbons (Fsp3) is 0.500. The molecule has 19 heavy (non-hydrogen) atoms. The maximum atomic E-state index is 13.3. The Hall–Kier alpha value is -1.46. The van der Waals surface area contributed by atoms with Gasteiger partial charge in [0.25, 0.3) is 0 Å². The van der Waals surface area contributed by atoms with Crippen LogP contribution in [0, 0.1) is 5.82 Å². The summed E-state index contributed by atoms with van der Waals surface area (Å²) in [7, 11) is 0. The van der Waals surface area contributed by atoms with Crippen LogP contribution in [-0.4, -0.2) is 36.6 Å². The molecule has 2 fully saturated rings. The van der Waals surface area contributed by atoms with E-state index < -0.39 is 0 Å². The molecule has 2 atom stereocenters. The summed E-state index contributed by atoms with van der Waals surface area (Å²) in [6.45, 7) is 1.63. The Labute approximate surface area is 111 Å². The van der Waals surface area contributed by atoms with Gasteiger partial charge in [-0.15, -0.1) is 0 Å². The third-order valence-corrected chi connectivity index (χ3v) is 3.71. The summed E-state index contributed by atoms with van der Waals surface area (Å²) >= 11 is 0. The molecule has 2 aliphatic heterocycles. The topological polar surface area (TPSA) is 41.6 Å². The molecule has 0 saturated carbocycles. The van der Waals surface area contributed by atoms with E-state index in [1.54, 1.807) is 6.07 Å². The number of rotatable bonds is 2. The van der Waals surface area contributed by atoms with Gasteiger partial charge in [-0.3, -0.25) is 10.1 Å². The maximum absolute atomic E-state index is 13.3. The minimum absolute atomic E-state index is 0.0600. The van der Waals surface area contributed by atoms with E-state index in [0.717, 1.165) is 25.0 Å². The molecule has 2 unspecified atom stereocenters. The van der Waals surface area contributed by atoms with Crippen LogP contribution in [0.15, 0.2) is 24.3 Å². The molecule has 2 saturated heterocycles. The smallest absolute Gasteiger partial charge is 0.238 e. The SMILES string of the molecule is O=C1CNC(c2cccc(F)c2)N1C1CCCOC1. The predicted octanol–water partition coefficient (Wildman–Crippen LogP) is 1.44. The average molecular weight is 264 g/mol. The van der Waals surface area contributed by atoms with Crippen molar-refractivity contribution in [2.45, 2.75) is 25.0 Å². The summed E-state index contributed by atoms with van der Waals surface area (Å²) in [6.07, 6.45) is 1.67. The lowest BCUT2D eigenvalue weighted by molar-refractivity contribution is -0.133. The van der Waals surface area contributed by atoms with Crippen molar-refractivity contribution in [3.05, 3.63) is 35.6 Å². The number of nitrogens with zero attached hydrogens (tertiary/aromatic N) is 1. The third-order valence-electron chi connectivity index (χ3n) is 3.71. The van der Waals surface area contributed by atoms with Crippen LogP contribution >= 0.6 is 0 Å². The van der Waals surface area contributed by atoms with Gasteiger partial charge in [-0.2, -0.15) is 0 Å². The second-order valence-corrected chi connectivity index (χ2v) is 5.01. The number of hydrogen-bond donors (Lipinski definition) is 1. The van der Waals surface area contributed by atoms with E-state index in [-0.39, 0.29) is 23.9 Å². The molecule has 2 aliphatic rings. The molecule has 4 nitrogen and oxygen atoms in total. The molecule has 0 aliphatic carbocycles. The average Bonchev–Trinajstić information content (AvgIpc) is 2.82. The Kier molecular flexibility index (Phi) is 3.48. The van der Waals surface area contributed by atoms with Gasteiger partial charge < -0.3 is 9.64 Å². The van der Waals surface area contributed by atoms with Gasteiger partial charge in [-0.05, 0) is 30.5 Å². The van der Waals surface area contributed by atoms with Gasteiger partial charge in [0.05, 0.1) is 19.2 Å². The maximum Gasteiger partial charge on any atom is 0.238 e. The first-order valence-electron chi connectivity index (χ1n) is 6.63. The molecular formula is C14H17FN2O2. The molecule has 1 aromatic carbocycles. The third kappa shape index (κ3) is 2.48. The lowest BCUT2D eigenvalue weighted by atomic mass is 10.1. The number of carbonyl (C=O) groups is 1. The molecule has 1 amide bonds. The molecule has 1 N–H and O–H groups in total. The summed E-state index contributed by atoms with van der Waals surface area (Å²) in [5, 5.41) is 3.15. The molecule has 0 aromatic heterocycles. The molecule has 5 heteroatoms. The fourth-order valence-electron chi connectivity index (χ4n) is 2.83. The predicted molar refractivity (Wildman–Crippen MR) is 67.8 cm³/mol. The molecule has 0 radical (unpaired) electrons. The van der Waals surface area contributed by atoms with Crippen molar-refractivity contribution in [1.82, 2.24) is 10.2 Å². The molecule has 0 bridgehead atoms. The molecule has 3 rings (SSSR count). The quantitative estimate of drug-likeness (QED) is 0.878. The molecule has 2 heterocycles. The van der Waals surface area contributed by atoms with Crippen LogP contribution in [-0.2, 0) is 9.53 Å². The second-order valence-electron chi connectivity index (χ2n) is 5.01. The zero-order valence-corrected chi connectivity index (χ0v) is 10.6. The Morgan fingerprint density at radius 1 is 1.42 bits per heavy atom. The Morgan fingerprint density at radius 3 is 3.05 bits per heavy atom. The summed E-state index contributed by atoms with van der Waals surface area (Å²) in [5.74, 6) is -0.219. The minimum atomic E-state index is -0.279. The Bertz CT molecular complexity index is 474. The zero-order valence-electron chi connectivity index (χ0n) is 10.6. The van der Waals surface area contributed by atoms with E-state index in [0.29, 0.717) is 13.2 Å². The van der Waals surface area contributed by atoms with Gasteiger partial charge in [0.2, 0.25) is 5.91 Å². The van der Waals surface area contributed by atoms with Gasteiger partial charge in [0.15, 0.2) is 0 Å². The zero-order chi connectivity index (χ0) is 13.2. The minimum Gasteiger partial charge on any atom is -0.379 e. The van der Waals surface area contributed by atoms with Crippen molar-refractivity contribution in [2.24, 2.45) is 0 Å². The van der Waals surface area contributed by atoms with Gasteiger partial charge in [-0.1, -0.05) is 12.1 Å². The number of benzene rings is 1. The second kappa shape index (κ2) is 5.27. The first-order valence-corrected chi connectivity index (χ1v) is 6.63. The van der Waals surface area contributed by atoms with Crippen molar-refractivity contribution in [3.63, 3.8) is 0 Å². The highest BCUT2D eigenvalue weighted by molar-refractivity contribution is 5.81. The normalized spacial score (nSPS) is 27.8. The van der Waals surface area contributed by atoms with Crippen molar-refractivity contribution in [2.75, 3.05) is 19.8 Å². The van der Waals surface area contributed by atoms with Gasteiger partial charge in [-0.25, -0.2) is 4.39 Å². The highest BCUT2D eigenvalue weighted by atomic mass is 19.1. The molecule has 102 valence electrons. The van der Waals surface area contributed by atoms with E-state index in [2.05, 4.69) is 5.32 Å². The van der Waals surface area contributed by atoms with E-state index >= 15 is 0 Å².